The van der Waals surface area contributed by atoms with Gasteiger partial charge in [0, 0.05) is 25.1 Å². The van der Waals surface area contributed by atoms with Crippen LogP contribution in [0.15, 0.2) is 24.3 Å². The van der Waals surface area contributed by atoms with Crippen molar-refractivity contribution in [3.8, 4) is 5.75 Å². The molecule has 2 saturated heterocycles. The zero-order valence-corrected chi connectivity index (χ0v) is 14.3. The Labute approximate surface area is 143 Å². The first kappa shape index (κ1) is 17.0. The van der Waals surface area contributed by atoms with E-state index in [1.165, 1.54) is 0 Å². The molecule has 0 radical (unpaired) electrons. The molecule has 0 bridgehead atoms. The minimum atomic E-state index is 0.0524. The van der Waals surface area contributed by atoms with Crippen LogP contribution in [0.1, 0.15) is 36.5 Å². The summed E-state index contributed by atoms with van der Waals surface area (Å²) in [6, 6.07) is 7.03. The van der Waals surface area contributed by atoms with Crippen molar-refractivity contribution >= 4 is 11.7 Å². The molecule has 24 heavy (non-hydrogen) atoms. The molecule has 2 atom stereocenters. The van der Waals surface area contributed by atoms with Gasteiger partial charge in [-0.2, -0.15) is 0 Å². The Balaban J connectivity index is 1.49. The summed E-state index contributed by atoms with van der Waals surface area (Å²) in [6.45, 7) is 5.74. The number of Topliss-reactive ketones (excluding diaryl/α,β-unsaturated/α-hetero) is 1. The maximum atomic E-state index is 12.4. The summed E-state index contributed by atoms with van der Waals surface area (Å²) >= 11 is 0. The Kier molecular flexibility index (Phi) is 5.51. The van der Waals surface area contributed by atoms with Crippen LogP contribution in [0.3, 0.4) is 0 Å². The molecule has 1 aromatic carbocycles. The third-order valence-corrected chi connectivity index (χ3v) is 5.23. The van der Waals surface area contributed by atoms with Crippen molar-refractivity contribution in [1.82, 2.24) is 10.2 Å². The van der Waals surface area contributed by atoms with Crippen molar-refractivity contribution in [3.63, 3.8) is 0 Å². The molecular weight excluding hydrogens is 304 g/mol. The maximum absolute atomic E-state index is 12.4. The highest BCUT2D eigenvalue weighted by molar-refractivity contribution is 5.95. The molecule has 0 unspecified atom stereocenters. The fourth-order valence-electron chi connectivity index (χ4n) is 3.65. The first-order valence-electron chi connectivity index (χ1n) is 8.92. The SMILES string of the molecule is CCC(=O)c1ccc(OCC(=O)N2CC[C@@H]3CNC[C@@H]3CC2)cc1. The van der Waals surface area contributed by atoms with Gasteiger partial charge in [-0.1, -0.05) is 6.92 Å². The van der Waals surface area contributed by atoms with Gasteiger partial charge in [0.1, 0.15) is 5.75 Å². The standard InChI is InChI=1S/C19H26N2O3/c1-2-18(22)14-3-5-17(6-4-14)24-13-19(23)21-9-7-15-11-20-12-16(15)8-10-21/h3-6,15-16,20H,2,7-13H2,1H3/t15-,16+. The van der Waals surface area contributed by atoms with Gasteiger partial charge in [0.05, 0.1) is 0 Å². The van der Waals surface area contributed by atoms with Gasteiger partial charge in [0.2, 0.25) is 0 Å². The third-order valence-electron chi connectivity index (χ3n) is 5.23. The molecule has 1 aromatic rings. The summed E-state index contributed by atoms with van der Waals surface area (Å²) in [7, 11) is 0. The molecule has 5 nitrogen and oxygen atoms in total. The third kappa shape index (κ3) is 3.96. The number of benzene rings is 1. The topological polar surface area (TPSA) is 58.6 Å². The van der Waals surface area contributed by atoms with Crippen molar-refractivity contribution in [2.24, 2.45) is 11.8 Å². The molecule has 1 N–H and O–H groups in total. The van der Waals surface area contributed by atoms with Crippen LogP contribution >= 0.6 is 0 Å². The summed E-state index contributed by atoms with van der Waals surface area (Å²) < 4.78 is 5.61. The van der Waals surface area contributed by atoms with E-state index in [1.807, 2.05) is 11.8 Å². The zero-order valence-electron chi connectivity index (χ0n) is 14.3. The molecule has 2 aliphatic heterocycles. The molecule has 0 spiro atoms. The number of amides is 1. The normalized spacial score (nSPS) is 23.5. The summed E-state index contributed by atoms with van der Waals surface area (Å²) in [5.41, 5.74) is 0.684. The molecule has 5 heteroatoms. The van der Waals surface area contributed by atoms with E-state index in [4.69, 9.17) is 4.74 Å². The molecule has 2 aliphatic rings. The van der Waals surface area contributed by atoms with Gasteiger partial charge in [0.15, 0.2) is 12.4 Å². The van der Waals surface area contributed by atoms with Gasteiger partial charge in [-0.3, -0.25) is 9.59 Å². The van der Waals surface area contributed by atoms with Crippen molar-refractivity contribution in [1.29, 1.82) is 0 Å². The number of fused-ring (bicyclic) bond motifs is 1. The molecule has 1 amide bonds. The number of nitrogens with one attached hydrogen (secondary N) is 1. The van der Waals surface area contributed by atoms with E-state index in [2.05, 4.69) is 5.32 Å². The number of hydrogen-bond acceptors (Lipinski definition) is 4. The van der Waals surface area contributed by atoms with E-state index in [0.29, 0.717) is 29.6 Å². The molecule has 0 aromatic heterocycles. The predicted octanol–water partition coefficient (Wildman–Crippen LogP) is 2.12. The van der Waals surface area contributed by atoms with Crippen LogP contribution in [-0.2, 0) is 4.79 Å². The smallest absolute Gasteiger partial charge is 0.260 e. The lowest BCUT2D eigenvalue weighted by molar-refractivity contribution is -0.133. The van der Waals surface area contributed by atoms with E-state index in [1.54, 1.807) is 24.3 Å². The lowest BCUT2D eigenvalue weighted by Crippen LogP contribution is -2.36. The largest absolute Gasteiger partial charge is 0.484 e. The van der Waals surface area contributed by atoms with Crippen LogP contribution in [-0.4, -0.2) is 49.4 Å². The molecule has 130 valence electrons. The lowest BCUT2D eigenvalue weighted by Gasteiger charge is -2.21. The highest BCUT2D eigenvalue weighted by atomic mass is 16.5. The fourth-order valence-corrected chi connectivity index (χ4v) is 3.65. The Morgan fingerprint density at radius 3 is 2.33 bits per heavy atom. The second-order valence-electron chi connectivity index (χ2n) is 6.73. The van der Waals surface area contributed by atoms with Crippen LogP contribution in [0.4, 0.5) is 0 Å². The summed E-state index contributed by atoms with van der Waals surface area (Å²) in [6.07, 6.45) is 2.65. The number of carbonyl (C=O) groups is 2. The monoisotopic (exact) mass is 330 g/mol. The fraction of sp³-hybridized carbons (Fsp3) is 0.579. The molecular formula is C19H26N2O3. The Bertz CT molecular complexity index is 571. The first-order valence-corrected chi connectivity index (χ1v) is 8.92. The number of carbonyl (C=O) groups excluding carboxylic acids is 2. The van der Waals surface area contributed by atoms with Gasteiger partial charge in [-0.15, -0.1) is 0 Å². The van der Waals surface area contributed by atoms with Crippen LogP contribution in [0, 0.1) is 11.8 Å². The van der Waals surface area contributed by atoms with Crippen molar-refractivity contribution < 1.29 is 14.3 Å². The number of likely N-dealkylation sites (tertiary alicyclic amines) is 1. The number of nitrogens with zero attached hydrogens (tertiary/aromatic N) is 1. The number of ketones is 1. The van der Waals surface area contributed by atoms with Gasteiger partial charge >= 0.3 is 0 Å². The van der Waals surface area contributed by atoms with Crippen molar-refractivity contribution in [2.75, 3.05) is 32.8 Å². The second kappa shape index (κ2) is 7.79. The van der Waals surface area contributed by atoms with E-state index >= 15 is 0 Å². The lowest BCUT2D eigenvalue weighted by atomic mass is 9.92. The Morgan fingerprint density at radius 1 is 1.12 bits per heavy atom. The molecule has 0 aliphatic carbocycles. The zero-order chi connectivity index (χ0) is 16.9. The van der Waals surface area contributed by atoms with Gasteiger partial charge in [0.25, 0.3) is 5.91 Å². The van der Waals surface area contributed by atoms with Crippen molar-refractivity contribution in [2.45, 2.75) is 26.2 Å². The highest BCUT2D eigenvalue weighted by Gasteiger charge is 2.31. The van der Waals surface area contributed by atoms with E-state index < -0.39 is 0 Å². The van der Waals surface area contributed by atoms with E-state index in [9.17, 15) is 9.59 Å². The van der Waals surface area contributed by atoms with Crippen molar-refractivity contribution in [3.05, 3.63) is 29.8 Å². The summed E-state index contributed by atoms with van der Waals surface area (Å²) in [4.78, 5) is 25.9. The molecule has 3 rings (SSSR count). The average Bonchev–Trinajstić information content (AvgIpc) is 2.97. The Hall–Kier alpha value is -1.88. The maximum Gasteiger partial charge on any atom is 0.260 e. The van der Waals surface area contributed by atoms with E-state index in [-0.39, 0.29) is 18.3 Å². The average molecular weight is 330 g/mol. The number of rotatable bonds is 5. The van der Waals surface area contributed by atoms with Crippen LogP contribution in [0.25, 0.3) is 0 Å². The van der Waals surface area contributed by atoms with Gasteiger partial charge in [-0.25, -0.2) is 0 Å². The van der Waals surface area contributed by atoms with Crippen LogP contribution in [0.2, 0.25) is 0 Å². The van der Waals surface area contributed by atoms with Crippen LogP contribution in [0.5, 0.6) is 5.75 Å². The Morgan fingerprint density at radius 2 is 1.75 bits per heavy atom. The first-order chi connectivity index (χ1) is 11.7. The van der Waals surface area contributed by atoms with Gasteiger partial charge < -0.3 is 15.0 Å². The van der Waals surface area contributed by atoms with E-state index in [0.717, 1.165) is 39.0 Å². The number of hydrogen-bond donors (Lipinski definition) is 1. The minimum Gasteiger partial charge on any atom is -0.484 e. The molecule has 0 saturated carbocycles. The van der Waals surface area contributed by atoms with Crippen LogP contribution < -0.4 is 10.1 Å². The summed E-state index contributed by atoms with van der Waals surface area (Å²) in [5, 5.41) is 3.45. The number of ether oxygens (including phenoxy) is 1. The van der Waals surface area contributed by atoms with Gasteiger partial charge in [-0.05, 0) is 62.0 Å². The highest BCUT2D eigenvalue weighted by Crippen LogP contribution is 2.27. The quantitative estimate of drug-likeness (QED) is 0.840. The minimum absolute atomic E-state index is 0.0524. The second-order valence-corrected chi connectivity index (χ2v) is 6.73. The molecule has 2 fully saturated rings. The summed E-state index contributed by atoms with van der Waals surface area (Å²) in [5.74, 6) is 2.23. The molecule has 2 heterocycles. The predicted molar refractivity (Wildman–Crippen MR) is 92.2 cm³/mol.